The summed E-state index contributed by atoms with van der Waals surface area (Å²) in [7, 11) is 0. The topological polar surface area (TPSA) is 33.1 Å². The minimum Gasteiger partial charge on any atom is -0.341 e. The number of nitrogens with zero attached hydrogens (tertiary/aromatic N) is 3. The quantitative estimate of drug-likeness (QED) is 0.847. The molecule has 4 nitrogen and oxygen atoms in total. The molecule has 1 aliphatic rings. The van der Waals surface area contributed by atoms with Crippen LogP contribution in [0.2, 0.25) is 0 Å². The summed E-state index contributed by atoms with van der Waals surface area (Å²) in [6.45, 7) is 8.75. The molecule has 0 aromatic carbocycles. The summed E-state index contributed by atoms with van der Waals surface area (Å²) in [5.74, 6) is 1.13. The molecular weight excluding hydrogens is 212 g/mol. The molecule has 0 aliphatic carbocycles. The van der Waals surface area contributed by atoms with E-state index >= 15 is 0 Å². The van der Waals surface area contributed by atoms with Crippen molar-refractivity contribution >= 4 is 5.95 Å². The first kappa shape index (κ1) is 12.4. The van der Waals surface area contributed by atoms with Crippen molar-refractivity contribution in [2.75, 3.05) is 24.5 Å². The zero-order valence-corrected chi connectivity index (χ0v) is 11.0. The number of aromatic nitrogens is 2. The fraction of sp³-hybridized carbons (Fsp3) is 0.769. The van der Waals surface area contributed by atoms with Crippen LogP contribution >= 0.6 is 0 Å². The standard InChI is InChI=1S/C13H24N4/c1-3-7-14-12-6-5-9-17(11-12)13-15-8-10-16(13)4-2/h8,10,12,14H,3-7,9,11H2,1-2H3. The molecule has 2 heterocycles. The molecule has 0 saturated carbocycles. The molecule has 0 bridgehead atoms. The Morgan fingerprint density at radius 3 is 3.12 bits per heavy atom. The largest absolute Gasteiger partial charge is 0.341 e. The maximum atomic E-state index is 4.49. The van der Waals surface area contributed by atoms with Gasteiger partial charge in [0.05, 0.1) is 0 Å². The Bertz CT molecular complexity index is 334. The van der Waals surface area contributed by atoms with E-state index in [9.17, 15) is 0 Å². The predicted molar refractivity (Wildman–Crippen MR) is 71.4 cm³/mol. The van der Waals surface area contributed by atoms with Crippen molar-refractivity contribution in [1.82, 2.24) is 14.9 Å². The maximum absolute atomic E-state index is 4.49. The van der Waals surface area contributed by atoms with Crippen LogP contribution < -0.4 is 10.2 Å². The zero-order valence-electron chi connectivity index (χ0n) is 11.0. The lowest BCUT2D eigenvalue weighted by Gasteiger charge is -2.34. The van der Waals surface area contributed by atoms with E-state index in [1.54, 1.807) is 0 Å². The Morgan fingerprint density at radius 2 is 2.35 bits per heavy atom. The monoisotopic (exact) mass is 236 g/mol. The van der Waals surface area contributed by atoms with Crippen LogP contribution in [0.1, 0.15) is 33.1 Å². The van der Waals surface area contributed by atoms with Crippen LogP contribution in [0.4, 0.5) is 5.95 Å². The number of hydrogen-bond donors (Lipinski definition) is 1. The van der Waals surface area contributed by atoms with Crippen LogP contribution in [-0.2, 0) is 6.54 Å². The molecule has 1 atom stereocenters. The van der Waals surface area contributed by atoms with Gasteiger partial charge in [-0.1, -0.05) is 6.92 Å². The molecular formula is C13H24N4. The highest BCUT2D eigenvalue weighted by molar-refractivity contribution is 5.32. The summed E-state index contributed by atoms with van der Waals surface area (Å²) in [5.41, 5.74) is 0. The summed E-state index contributed by atoms with van der Waals surface area (Å²) >= 11 is 0. The molecule has 1 aromatic heterocycles. The van der Waals surface area contributed by atoms with Gasteiger partial charge >= 0.3 is 0 Å². The molecule has 0 radical (unpaired) electrons. The van der Waals surface area contributed by atoms with Gasteiger partial charge in [-0.3, -0.25) is 0 Å². The molecule has 96 valence electrons. The second kappa shape index (κ2) is 6.05. The Morgan fingerprint density at radius 1 is 1.47 bits per heavy atom. The van der Waals surface area contributed by atoms with Crippen molar-refractivity contribution in [3.05, 3.63) is 12.4 Å². The van der Waals surface area contributed by atoms with E-state index in [1.165, 1.54) is 19.3 Å². The van der Waals surface area contributed by atoms with Gasteiger partial charge in [-0.25, -0.2) is 4.98 Å². The second-order valence-electron chi connectivity index (χ2n) is 4.75. The van der Waals surface area contributed by atoms with E-state index in [2.05, 4.69) is 39.8 Å². The van der Waals surface area contributed by atoms with Crippen LogP contribution in [0.25, 0.3) is 0 Å². The third-order valence-corrected chi connectivity index (χ3v) is 3.42. The highest BCUT2D eigenvalue weighted by Gasteiger charge is 2.21. The van der Waals surface area contributed by atoms with E-state index in [4.69, 9.17) is 0 Å². The minimum atomic E-state index is 0.630. The summed E-state index contributed by atoms with van der Waals surface area (Å²) in [6.07, 6.45) is 7.74. The lowest BCUT2D eigenvalue weighted by molar-refractivity contribution is 0.417. The van der Waals surface area contributed by atoms with Gasteiger partial charge in [-0.2, -0.15) is 0 Å². The van der Waals surface area contributed by atoms with E-state index in [-0.39, 0.29) is 0 Å². The second-order valence-corrected chi connectivity index (χ2v) is 4.75. The molecule has 4 heteroatoms. The van der Waals surface area contributed by atoms with Gasteiger partial charge in [0.2, 0.25) is 5.95 Å². The number of piperidine rings is 1. The average molecular weight is 236 g/mol. The average Bonchev–Trinajstić information content (AvgIpc) is 2.85. The normalized spacial score (nSPS) is 20.8. The molecule has 0 amide bonds. The Kier molecular flexibility index (Phi) is 4.42. The van der Waals surface area contributed by atoms with Crippen molar-refractivity contribution in [2.45, 2.75) is 45.7 Å². The minimum absolute atomic E-state index is 0.630. The van der Waals surface area contributed by atoms with Gasteiger partial charge in [0.25, 0.3) is 0 Å². The summed E-state index contributed by atoms with van der Waals surface area (Å²) in [6, 6.07) is 0.630. The van der Waals surface area contributed by atoms with E-state index < -0.39 is 0 Å². The highest BCUT2D eigenvalue weighted by atomic mass is 15.3. The number of nitrogens with one attached hydrogen (secondary N) is 1. The summed E-state index contributed by atoms with van der Waals surface area (Å²) in [4.78, 5) is 6.90. The third kappa shape index (κ3) is 3.00. The highest BCUT2D eigenvalue weighted by Crippen LogP contribution is 2.18. The van der Waals surface area contributed by atoms with Gasteiger partial charge in [0.15, 0.2) is 0 Å². The predicted octanol–water partition coefficient (Wildman–Crippen LogP) is 1.87. The zero-order chi connectivity index (χ0) is 12.1. The fourth-order valence-electron chi connectivity index (χ4n) is 2.51. The van der Waals surface area contributed by atoms with E-state index in [0.29, 0.717) is 6.04 Å². The van der Waals surface area contributed by atoms with Crippen molar-refractivity contribution in [3.63, 3.8) is 0 Å². The molecule has 2 rings (SSSR count). The molecule has 1 N–H and O–H groups in total. The molecule has 1 aromatic rings. The van der Waals surface area contributed by atoms with Crippen molar-refractivity contribution in [1.29, 1.82) is 0 Å². The molecule has 1 fully saturated rings. The van der Waals surface area contributed by atoms with Gasteiger partial charge in [0.1, 0.15) is 0 Å². The van der Waals surface area contributed by atoms with E-state index in [0.717, 1.165) is 32.1 Å². The first-order chi connectivity index (χ1) is 8.35. The van der Waals surface area contributed by atoms with Crippen LogP contribution in [0.15, 0.2) is 12.4 Å². The first-order valence-corrected chi connectivity index (χ1v) is 6.84. The Balaban J connectivity index is 1.97. The third-order valence-electron chi connectivity index (χ3n) is 3.42. The SMILES string of the molecule is CCCNC1CCCN(c2nccn2CC)C1. The number of anilines is 1. The lowest BCUT2D eigenvalue weighted by Crippen LogP contribution is -2.46. The molecule has 1 saturated heterocycles. The summed E-state index contributed by atoms with van der Waals surface area (Å²) < 4.78 is 2.22. The molecule has 0 spiro atoms. The Labute approximate surface area is 104 Å². The number of imidazole rings is 1. The number of aryl methyl sites for hydroxylation is 1. The fourth-order valence-corrected chi connectivity index (χ4v) is 2.51. The van der Waals surface area contributed by atoms with Crippen LogP contribution in [0.3, 0.4) is 0 Å². The smallest absolute Gasteiger partial charge is 0.205 e. The first-order valence-electron chi connectivity index (χ1n) is 6.84. The summed E-state index contributed by atoms with van der Waals surface area (Å²) in [5, 5.41) is 3.62. The maximum Gasteiger partial charge on any atom is 0.205 e. The van der Waals surface area contributed by atoms with Crippen molar-refractivity contribution in [2.24, 2.45) is 0 Å². The lowest BCUT2D eigenvalue weighted by atomic mass is 10.1. The van der Waals surface area contributed by atoms with Gasteiger partial charge in [-0.15, -0.1) is 0 Å². The molecule has 1 unspecified atom stereocenters. The van der Waals surface area contributed by atoms with Gasteiger partial charge < -0.3 is 14.8 Å². The van der Waals surface area contributed by atoms with Crippen molar-refractivity contribution < 1.29 is 0 Å². The number of hydrogen-bond acceptors (Lipinski definition) is 3. The van der Waals surface area contributed by atoms with Crippen LogP contribution in [0, 0.1) is 0 Å². The molecule has 1 aliphatic heterocycles. The van der Waals surface area contributed by atoms with Gasteiger partial charge in [-0.05, 0) is 32.7 Å². The molecule has 17 heavy (non-hydrogen) atoms. The van der Waals surface area contributed by atoms with E-state index in [1.807, 2.05) is 6.20 Å². The van der Waals surface area contributed by atoms with Gasteiger partial charge in [0, 0.05) is 38.1 Å². The van der Waals surface area contributed by atoms with Crippen molar-refractivity contribution in [3.8, 4) is 0 Å². The Hall–Kier alpha value is -1.03. The van der Waals surface area contributed by atoms with Crippen LogP contribution in [0.5, 0.6) is 0 Å². The van der Waals surface area contributed by atoms with Crippen LogP contribution in [-0.4, -0.2) is 35.2 Å². The number of rotatable bonds is 5.